The van der Waals surface area contributed by atoms with Crippen LogP contribution in [-0.4, -0.2) is 22.3 Å². The molecule has 0 aromatic carbocycles. The van der Waals surface area contributed by atoms with Crippen molar-refractivity contribution in [1.82, 2.24) is 9.55 Å². The van der Waals surface area contributed by atoms with Gasteiger partial charge in [0.05, 0.1) is 19.3 Å². The number of ether oxygens (including phenoxy) is 1. The van der Waals surface area contributed by atoms with Crippen molar-refractivity contribution in [3.8, 4) is 0 Å². The number of nitrogens with zero attached hydrogens (tertiary/aromatic N) is 2. The molecule has 0 aliphatic carbocycles. The molecule has 0 radical (unpaired) electrons. The largest absolute Gasteiger partial charge is 0.371 e. The van der Waals surface area contributed by atoms with Crippen molar-refractivity contribution in [2.24, 2.45) is 0 Å². The summed E-state index contributed by atoms with van der Waals surface area (Å²) in [5.74, 6) is 0. The first kappa shape index (κ1) is 8.44. The third-order valence-corrected chi connectivity index (χ3v) is 2.14. The molecule has 1 aromatic rings. The molecule has 0 N–H and O–H groups in total. The van der Waals surface area contributed by atoms with E-state index < -0.39 is 0 Å². The molecule has 0 saturated carbocycles. The molecule has 0 spiro atoms. The third kappa shape index (κ3) is 1.78. The van der Waals surface area contributed by atoms with E-state index >= 15 is 0 Å². The molecule has 13 heavy (non-hydrogen) atoms. The third-order valence-electron chi connectivity index (χ3n) is 2.14. The van der Waals surface area contributed by atoms with Crippen LogP contribution in [0.2, 0.25) is 0 Å². The smallest absolute Gasteiger partial charge is 0.348 e. The highest BCUT2D eigenvalue weighted by molar-refractivity contribution is 5.06. The topological polar surface area (TPSA) is 47.4 Å². The monoisotopic (exact) mass is 180 g/mol. The fraction of sp³-hybridized carbons (Fsp3) is 0.556. The van der Waals surface area contributed by atoms with Crippen LogP contribution in [0.25, 0.3) is 0 Å². The lowest BCUT2D eigenvalue weighted by atomic mass is 10.3. The number of epoxide rings is 1. The molecule has 2 heterocycles. The van der Waals surface area contributed by atoms with Crippen LogP contribution in [0.15, 0.2) is 10.9 Å². The van der Waals surface area contributed by atoms with Crippen molar-refractivity contribution in [1.29, 1.82) is 0 Å². The van der Waals surface area contributed by atoms with Gasteiger partial charge in [-0.2, -0.15) is 4.98 Å². The second-order valence-electron chi connectivity index (χ2n) is 3.39. The van der Waals surface area contributed by atoms with Gasteiger partial charge in [0.1, 0.15) is 0 Å². The van der Waals surface area contributed by atoms with E-state index in [1.165, 1.54) is 0 Å². The second kappa shape index (κ2) is 2.96. The van der Waals surface area contributed by atoms with Crippen LogP contribution in [0.4, 0.5) is 0 Å². The molecule has 0 amide bonds. The first-order valence-electron chi connectivity index (χ1n) is 4.33. The number of aromatic nitrogens is 2. The molecule has 1 aliphatic rings. The van der Waals surface area contributed by atoms with Crippen LogP contribution in [-0.2, 0) is 11.3 Å². The van der Waals surface area contributed by atoms with Crippen LogP contribution in [0.5, 0.6) is 0 Å². The Balaban J connectivity index is 2.36. The van der Waals surface area contributed by atoms with Gasteiger partial charge >= 0.3 is 5.69 Å². The molecular weight excluding hydrogens is 168 g/mol. The molecule has 0 bridgehead atoms. The van der Waals surface area contributed by atoms with Gasteiger partial charge in [-0.05, 0) is 19.9 Å². The van der Waals surface area contributed by atoms with E-state index in [1.54, 1.807) is 4.57 Å². The predicted molar refractivity (Wildman–Crippen MR) is 47.7 cm³/mol. The first-order valence-corrected chi connectivity index (χ1v) is 4.33. The normalized spacial score (nSPS) is 20.3. The Kier molecular flexibility index (Phi) is 1.92. The van der Waals surface area contributed by atoms with Gasteiger partial charge in [0, 0.05) is 11.4 Å². The van der Waals surface area contributed by atoms with Crippen molar-refractivity contribution in [3.63, 3.8) is 0 Å². The Hall–Kier alpha value is -1.16. The Morgan fingerprint density at radius 2 is 2.38 bits per heavy atom. The van der Waals surface area contributed by atoms with Crippen LogP contribution in [0.1, 0.15) is 11.4 Å². The predicted octanol–water partition coefficient (Wildman–Crippen LogP) is 0.259. The summed E-state index contributed by atoms with van der Waals surface area (Å²) in [6, 6.07) is 1.91. The van der Waals surface area contributed by atoms with Crippen molar-refractivity contribution in [3.05, 3.63) is 27.9 Å². The lowest BCUT2D eigenvalue weighted by Crippen LogP contribution is -2.27. The number of rotatable bonds is 2. The van der Waals surface area contributed by atoms with E-state index in [2.05, 4.69) is 4.98 Å². The summed E-state index contributed by atoms with van der Waals surface area (Å²) in [5.41, 5.74) is 1.55. The summed E-state index contributed by atoms with van der Waals surface area (Å²) in [7, 11) is 0. The highest BCUT2D eigenvalue weighted by Crippen LogP contribution is 2.11. The molecule has 1 aromatic heterocycles. The van der Waals surface area contributed by atoms with E-state index in [1.807, 2.05) is 19.9 Å². The van der Waals surface area contributed by atoms with E-state index in [9.17, 15) is 4.79 Å². The van der Waals surface area contributed by atoms with Crippen LogP contribution >= 0.6 is 0 Å². The fourth-order valence-corrected chi connectivity index (χ4v) is 1.37. The Morgan fingerprint density at radius 3 is 2.92 bits per heavy atom. The zero-order chi connectivity index (χ0) is 9.42. The van der Waals surface area contributed by atoms with E-state index in [-0.39, 0.29) is 11.8 Å². The highest BCUT2D eigenvalue weighted by Gasteiger charge is 2.23. The molecule has 1 saturated heterocycles. The van der Waals surface area contributed by atoms with Crippen molar-refractivity contribution >= 4 is 0 Å². The molecule has 1 fully saturated rings. The SMILES string of the molecule is Cc1cc(C)n(C[C@H]2CO2)c(=O)n1. The Bertz CT molecular complexity index is 380. The lowest BCUT2D eigenvalue weighted by Gasteiger charge is -2.06. The van der Waals surface area contributed by atoms with E-state index in [4.69, 9.17) is 4.74 Å². The Labute approximate surface area is 76.2 Å². The molecule has 4 heteroatoms. The summed E-state index contributed by atoms with van der Waals surface area (Å²) in [6.07, 6.45) is 0.223. The van der Waals surface area contributed by atoms with Gasteiger partial charge in [-0.3, -0.25) is 4.57 Å². The lowest BCUT2D eigenvalue weighted by molar-refractivity contribution is 0.376. The minimum Gasteiger partial charge on any atom is -0.371 e. The number of aryl methyl sites for hydroxylation is 2. The quantitative estimate of drug-likeness (QED) is 0.613. The van der Waals surface area contributed by atoms with Crippen LogP contribution in [0, 0.1) is 13.8 Å². The minimum atomic E-state index is -0.173. The summed E-state index contributed by atoms with van der Waals surface area (Å²) in [5, 5.41) is 0. The minimum absolute atomic E-state index is 0.173. The van der Waals surface area contributed by atoms with Gasteiger partial charge in [-0.15, -0.1) is 0 Å². The van der Waals surface area contributed by atoms with Crippen molar-refractivity contribution in [2.45, 2.75) is 26.5 Å². The van der Waals surface area contributed by atoms with Gasteiger partial charge < -0.3 is 4.74 Å². The fourth-order valence-electron chi connectivity index (χ4n) is 1.37. The summed E-state index contributed by atoms with van der Waals surface area (Å²) < 4.78 is 6.72. The maximum absolute atomic E-state index is 11.4. The molecule has 2 rings (SSSR count). The maximum atomic E-state index is 11.4. The Morgan fingerprint density at radius 1 is 1.69 bits per heavy atom. The van der Waals surface area contributed by atoms with Gasteiger partial charge in [0.25, 0.3) is 0 Å². The molecule has 1 atom stereocenters. The molecule has 4 nitrogen and oxygen atoms in total. The molecule has 0 unspecified atom stereocenters. The summed E-state index contributed by atoms with van der Waals surface area (Å²) in [6.45, 7) is 5.14. The highest BCUT2D eigenvalue weighted by atomic mass is 16.6. The molecule has 70 valence electrons. The maximum Gasteiger partial charge on any atom is 0.348 e. The van der Waals surface area contributed by atoms with Crippen molar-refractivity contribution < 1.29 is 4.74 Å². The van der Waals surface area contributed by atoms with Gasteiger partial charge in [0.2, 0.25) is 0 Å². The summed E-state index contributed by atoms with van der Waals surface area (Å²) >= 11 is 0. The van der Waals surface area contributed by atoms with E-state index in [0.717, 1.165) is 18.0 Å². The van der Waals surface area contributed by atoms with Gasteiger partial charge in [-0.25, -0.2) is 4.79 Å². The standard InChI is InChI=1S/C9H12N2O2/c1-6-3-7(2)11(9(12)10-6)4-8-5-13-8/h3,8H,4-5H2,1-2H3/t8-/m0/s1. The van der Waals surface area contributed by atoms with Crippen LogP contribution < -0.4 is 5.69 Å². The molecule has 1 aliphatic heterocycles. The van der Waals surface area contributed by atoms with Gasteiger partial charge in [-0.1, -0.05) is 0 Å². The van der Waals surface area contributed by atoms with Crippen LogP contribution in [0.3, 0.4) is 0 Å². The first-order chi connectivity index (χ1) is 6.16. The molecular formula is C9H12N2O2. The van der Waals surface area contributed by atoms with Crippen molar-refractivity contribution in [2.75, 3.05) is 6.61 Å². The number of hydrogen-bond acceptors (Lipinski definition) is 3. The zero-order valence-corrected chi connectivity index (χ0v) is 7.78. The average molecular weight is 180 g/mol. The van der Waals surface area contributed by atoms with Gasteiger partial charge in [0.15, 0.2) is 0 Å². The van der Waals surface area contributed by atoms with E-state index in [0.29, 0.717) is 6.54 Å². The average Bonchev–Trinajstić information content (AvgIpc) is 2.79. The zero-order valence-electron chi connectivity index (χ0n) is 7.78. The second-order valence-corrected chi connectivity index (χ2v) is 3.39. The number of hydrogen-bond donors (Lipinski definition) is 0. The summed E-state index contributed by atoms with van der Waals surface area (Å²) in [4.78, 5) is 15.3.